The van der Waals surface area contributed by atoms with Gasteiger partial charge in [-0.2, -0.15) is 0 Å². The molecule has 0 spiro atoms. The molecular formula is C19H18FNO4S. The highest BCUT2D eigenvalue weighted by Gasteiger charge is 2.34. The molecule has 0 bridgehead atoms. The van der Waals surface area contributed by atoms with Crippen molar-refractivity contribution in [3.05, 3.63) is 70.5 Å². The van der Waals surface area contributed by atoms with Crippen LogP contribution in [0.3, 0.4) is 0 Å². The van der Waals surface area contributed by atoms with E-state index in [9.17, 15) is 13.4 Å². The minimum absolute atomic E-state index is 0.158. The van der Waals surface area contributed by atoms with Gasteiger partial charge in [-0.15, -0.1) is 0 Å². The van der Waals surface area contributed by atoms with Crippen molar-refractivity contribution < 1.29 is 22.7 Å². The number of nitrogens with two attached hydrogens (primary N) is 1. The maximum atomic E-state index is 14.7. The molecule has 0 aromatic heterocycles. The van der Waals surface area contributed by atoms with E-state index < -0.39 is 29.0 Å². The van der Waals surface area contributed by atoms with Gasteiger partial charge in [-0.25, -0.2) is 13.4 Å². The second kappa shape index (κ2) is 7.49. The maximum absolute atomic E-state index is 14.7. The van der Waals surface area contributed by atoms with Crippen LogP contribution in [0.25, 0.3) is 11.1 Å². The molecule has 0 aliphatic carbocycles. The van der Waals surface area contributed by atoms with Gasteiger partial charge in [0.25, 0.3) is 0 Å². The molecule has 3 N–H and O–H groups in total. The van der Waals surface area contributed by atoms with Crippen LogP contribution in [0.2, 0.25) is 0 Å². The van der Waals surface area contributed by atoms with Crippen molar-refractivity contribution in [2.75, 3.05) is 0 Å². The van der Waals surface area contributed by atoms with Crippen molar-refractivity contribution >= 4 is 28.2 Å². The number of carbonyl (C=O) groups is 1. The number of rotatable bonds is 5. The normalized spacial score (nSPS) is 18.2. The highest BCUT2D eigenvalue weighted by Crippen LogP contribution is 2.38. The fraction of sp³-hybridized carbons (Fsp3) is 0.211. The molecule has 26 heavy (non-hydrogen) atoms. The Morgan fingerprint density at radius 3 is 2.42 bits per heavy atom. The fourth-order valence-electron chi connectivity index (χ4n) is 3.04. The maximum Gasteiger partial charge on any atom is 0.339 e. The molecule has 2 aromatic rings. The summed E-state index contributed by atoms with van der Waals surface area (Å²) in [4.78, 5) is 12.3. The lowest BCUT2D eigenvalue weighted by Crippen LogP contribution is -2.06. The predicted octanol–water partition coefficient (Wildman–Crippen LogP) is 2.86. The molecule has 0 amide bonds. The molecule has 0 saturated carbocycles. The van der Waals surface area contributed by atoms with Crippen molar-refractivity contribution in [1.82, 2.24) is 0 Å². The zero-order valence-electron chi connectivity index (χ0n) is 14.1. The molecule has 2 atom stereocenters. The second-order valence-electron chi connectivity index (χ2n) is 6.02. The number of hydrogen-bond donors (Lipinski definition) is 2. The second-order valence-corrected chi connectivity index (χ2v) is 6.95. The molecule has 0 radical (unpaired) electrons. The van der Waals surface area contributed by atoms with Gasteiger partial charge in [0.15, 0.2) is 11.1 Å². The summed E-state index contributed by atoms with van der Waals surface area (Å²) in [5.74, 6) is -1.23. The van der Waals surface area contributed by atoms with Gasteiger partial charge in [0.05, 0.1) is 11.3 Å². The molecule has 1 heterocycles. The molecule has 5 nitrogen and oxygen atoms in total. The topological polar surface area (TPSA) is 89.6 Å². The van der Waals surface area contributed by atoms with E-state index in [2.05, 4.69) is 0 Å². The highest BCUT2D eigenvalue weighted by molar-refractivity contribution is 7.78. The number of carbonyl (C=O) groups excluding carboxylic acids is 1. The van der Waals surface area contributed by atoms with Crippen molar-refractivity contribution in [3.8, 4) is 0 Å². The molecule has 0 fully saturated rings. The van der Waals surface area contributed by atoms with Crippen LogP contribution in [0.1, 0.15) is 29.2 Å². The Kier molecular flexibility index (Phi) is 5.31. The number of benzene rings is 2. The van der Waals surface area contributed by atoms with Gasteiger partial charge in [-0.3, -0.25) is 0 Å². The van der Waals surface area contributed by atoms with Crippen LogP contribution in [0.4, 0.5) is 4.39 Å². The third-order valence-electron chi connectivity index (χ3n) is 4.26. The van der Waals surface area contributed by atoms with Crippen molar-refractivity contribution in [1.29, 1.82) is 0 Å². The zero-order chi connectivity index (χ0) is 18.8. The Morgan fingerprint density at radius 1 is 1.19 bits per heavy atom. The van der Waals surface area contributed by atoms with Gasteiger partial charge < -0.3 is 15.0 Å². The van der Waals surface area contributed by atoms with Gasteiger partial charge in [0.2, 0.25) is 0 Å². The fourth-order valence-corrected chi connectivity index (χ4v) is 3.50. The Labute approximate surface area is 153 Å². The smallest absolute Gasteiger partial charge is 0.339 e. The summed E-state index contributed by atoms with van der Waals surface area (Å²) in [6.07, 6.45) is -0.598. The van der Waals surface area contributed by atoms with E-state index in [0.717, 1.165) is 5.56 Å². The van der Waals surface area contributed by atoms with E-state index in [1.165, 1.54) is 12.1 Å². The van der Waals surface area contributed by atoms with Crippen LogP contribution in [0, 0.1) is 5.82 Å². The van der Waals surface area contributed by atoms with E-state index in [-0.39, 0.29) is 11.3 Å². The largest absolute Gasteiger partial charge is 0.454 e. The molecular weight excluding hydrogens is 357 g/mol. The minimum atomic E-state index is -2.05. The Balaban J connectivity index is 2.10. The average Bonchev–Trinajstić information content (AvgIpc) is 2.88. The predicted molar refractivity (Wildman–Crippen MR) is 97.6 cm³/mol. The van der Waals surface area contributed by atoms with Crippen LogP contribution in [-0.2, 0) is 32.9 Å². The summed E-state index contributed by atoms with van der Waals surface area (Å²) in [7, 11) is 0. The molecule has 1 aliphatic rings. The number of ether oxygens (including phenoxy) is 1. The number of hydrogen-bond acceptors (Lipinski definition) is 4. The van der Waals surface area contributed by atoms with E-state index in [4.69, 9.17) is 15.0 Å². The average molecular weight is 375 g/mol. The summed E-state index contributed by atoms with van der Waals surface area (Å²) < 4.78 is 39.8. The number of halogens is 1. The highest BCUT2D eigenvalue weighted by atomic mass is 32.2. The van der Waals surface area contributed by atoms with E-state index in [1.807, 2.05) is 12.1 Å². The standard InChI is InChI=1S/C19H18FNO4S/c1-11-17(15-7-4-13(8-16(15)20)10-26(23)24)18(19(22)25-11)14-5-2-12(9-21)3-6-14/h2-8,11H,9-10,21H2,1H3,(H,23,24). The van der Waals surface area contributed by atoms with Crippen LogP contribution in [0.5, 0.6) is 0 Å². The monoisotopic (exact) mass is 375 g/mol. The summed E-state index contributed by atoms with van der Waals surface area (Å²) in [6, 6.07) is 11.4. The lowest BCUT2D eigenvalue weighted by molar-refractivity contribution is -0.136. The molecule has 136 valence electrons. The van der Waals surface area contributed by atoms with E-state index in [1.54, 1.807) is 25.1 Å². The quantitative estimate of drug-likeness (QED) is 0.620. The van der Waals surface area contributed by atoms with Crippen LogP contribution in [0.15, 0.2) is 42.5 Å². The third kappa shape index (κ3) is 3.60. The van der Waals surface area contributed by atoms with E-state index >= 15 is 0 Å². The summed E-state index contributed by atoms with van der Waals surface area (Å²) in [6.45, 7) is 2.07. The zero-order valence-corrected chi connectivity index (χ0v) is 14.9. The summed E-state index contributed by atoms with van der Waals surface area (Å²) in [5, 5.41) is 0. The molecule has 3 rings (SSSR count). The molecule has 2 unspecified atom stereocenters. The first-order valence-electron chi connectivity index (χ1n) is 8.01. The first-order chi connectivity index (χ1) is 12.4. The molecule has 7 heteroatoms. The van der Waals surface area contributed by atoms with Crippen LogP contribution < -0.4 is 5.73 Å². The van der Waals surface area contributed by atoms with Gasteiger partial charge in [-0.05, 0) is 29.7 Å². The first-order valence-corrected chi connectivity index (χ1v) is 9.29. The summed E-state index contributed by atoms with van der Waals surface area (Å²) in [5.41, 5.74) is 8.57. The van der Waals surface area contributed by atoms with Crippen LogP contribution in [-0.4, -0.2) is 20.8 Å². The van der Waals surface area contributed by atoms with Gasteiger partial charge in [0, 0.05) is 17.7 Å². The van der Waals surface area contributed by atoms with E-state index in [0.29, 0.717) is 28.8 Å². The Hall–Kier alpha value is -2.35. The SMILES string of the molecule is CC1OC(=O)C(c2ccc(CN)cc2)=C1c1ccc(CS(=O)O)cc1F. The van der Waals surface area contributed by atoms with Gasteiger partial charge >= 0.3 is 5.97 Å². The minimum Gasteiger partial charge on any atom is -0.454 e. The molecule has 2 aromatic carbocycles. The van der Waals surface area contributed by atoms with Crippen molar-refractivity contribution in [2.45, 2.75) is 25.3 Å². The third-order valence-corrected chi connectivity index (χ3v) is 4.84. The lowest BCUT2D eigenvalue weighted by Gasteiger charge is -2.12. The first kappa shape index (κ1) is 18.4. The number of esters is 1. The number of cyclic esters (lactones) is 1. The molecule has 0 saturated heterocycles. The Morgan fingerprint density at radius 2 is 1.85 bits per heavy atom. The van der Waals surface area contributed by atoms with Crippen molar-refractivity contribution in [2.24, 2.45) is 5.73 Å². The molecule has 1 aliphatic heterocycles. The van der Waals surface area contributed by atoms with Crippen LogP contribution >= 0.6 is 0 Å². The van der Waals surface area contributed by atoms with Gasteiger partial charge in [-0.1, -0.05) is 36.4 Å². The van der Waals surface area contributed by atoms with Gasteiger partial charge in [0.1, 0.15) is 11.9 Å². The van der Waals surface area contributed by atoms with Crippen molar-refractivity contribution in [3.63, 3.8) is 0 Å². The summed E-state index contributed by atoms with van der Waals surface area (Å²) >= 11 is -2.05. The Bertz CT molecular complexity index is 908. The lowest BCUT2D eigenvalue weighted by atomic mass is 9.92.